The molecule has 0 aliphatic rings. The van der Waals surface area contributed by atoms with Crippen molar-refractivity contribution in [2.45, 2.75) is 0 Å². The maximum Gasteiger partial charge on any atom is 0.419 e. The molecule has 0 radical (unpaired) electrons. The van der Waals surface area contributed by atoms with Gasteiger partial charge in [0.25, 0.3) is 0 Å². The van der Waals surface area contributed by atoms with E-state index in [9.17, 15) is 4.79 Å². The van der Waals surface area contributed by atoms with Crippen molar-refractivity contribution in [3.63, 3.8) is 0 Å². The van der Waals surface area contributed by atoms with E-state index < -0.39 is 6.09 Å². The number of fused-ring (bicyclic) bond motifs is 1. The molecule has 0 fully saturated rings. The predicted molar refractivity (Wildman–Crippen MR) is 75.6 cm³/mol. The molecule has 0 bridgehead atoms. The van der Waals surface area contributed by atoms with Crippen molar-refractivity contribution in [2.24, 2.45) is 0 Å². The highest BCUT2D eigenvalue weighted by atomic mass is 16.6. The number of carbonyl (C=O) groups is 1. The molecule has 1 amide bonds. The van der Waals surface area contributed by atoms with E-state index in [1.54, 1.807) is 6.07 Å². The number of anilines is 1. The van der Waals surface area contributed by atoms with E-state index >= 15 is 0 Å². The van der Waals surface area contributed by atoms with Crippen molar-refractivity contribution in [3.8, 4) is 6.01 Å². The molecule has 0 aliphatic heterocycles. The fourth-order valence-corrected chi connectivity index (χ4v) is 1.83. The van der Waals surface area contributed by atoms with Gasteiger partial charge < -0.3 is 4.74 Å². The third-order valence-electron chi connectivity index (χ3n) is 2.72. The molecule has 1 N–H and O–H groups in total. The first-order valence-corrected chi connectivity index (χ1v) is 6.06. The van der Waals surface area contributed by atoms with Gasteiger partial charge in [-0.3, -0.25) is 5.32 Å². The summed E-state index contributed by atoms with van der Waals surface area (Å²) in [4.78, 5) is 19.3. The maximum atomic E-state index is 11.7. The largest absolute Gasteiger partial charge is 0.419 e. The summed E-state index contributed by atoms with van der Waals surface area (Å²) in [5.41, 5.74) is 0.657. The highest BCUT2D eigenvalue weighted by Gasteiger charge is 2.06. The monoisotopic (exact) mass is 265 g/mol. The summed E-state index contributed by atoms with van der Waals surface area (Å²) in [6.07, 6.45) is 2.39. The lowest BCUT2D eigenvalue weighted by Gasteiger charge is -2.06. The van der Waals surface area contributed by atoms with Gasteiger partial charge in [0.1, 0.15) is 0 Å². The molecule has 1 aromatic heterocycles. The molecule has 3 rings (SSSR count). The summed E-state index contributed by atoms with van der Waals surface area (Å²) in [6, 6.07) is 15.2. The smallest absolute Gasteiger partial charge is 0.374 e. The molecule has 0 aliphatic carbocycles. The minimum atomic E-state index is -0.619. The van der Waals surface area contributed by atoms with Gasteiger partial charge in [-0.1, -0.05) is 30.3 Å². The zero-order valence-corrected chi connectivity index (χ0v) is 10.5. The van der Waals surface area contributed by atoms with Crippen molar-refractivity contribution in [2.75, 3.05) is 5.32 Å². The lowest BCUT2D eigenvalue weighted by atomic mass is 10.1. The van der Waals surface area contributed by atoms with Crippen molar-refractivity contribution < 1.29 is 9.53 Å². The number of nitrogens with zero attached hydrogens (tertiary/aromatic N) is 2. The number of benzene rings is 2. The van der Waals surface area contributed by atoms with E-state index in [1.165, 1.54) is 12.4 Å². The van der Waals surface area contributed by atoms with Crippen LogP contribution in [0.15, 0.2) is 60.9 Å². The lowest BCUT2D eigenvalue weighted by molar-refractivity contribution is 0.211. The molecule has 1 heterocycles. The Labute approximate surface area is 115 Å². The summed E-state index contributed by atoms with van der Waals surface area (Å²) >= 11 is 0. The van der Waals surface area contributed by atoms with Gasteiger partial charge in [0.15, 0.2) is 0 Å². The van der Waals surface area contributed by atoms with Crippen LogP contribution in [-0.4, -0.2) is 16.1 Å². The molecule has 0 saturated carbocycles. The zero-order chi connectivity index (χ0) is 13.8. The molecule has 0 unspecified atom stereocenters. The maximum absolute atomic E-state index is 11.7. The predicted octanol–water partition coefficient (Wildman–Crippen LogP) is 3.24. The first-order chi connectivity index (χ1) is 9.81. The number of nitrogens with one attached hydrogen (secondary N) is 1. The van der Waals surface area contributed by atoms with Crippen LogP contribution in [0, 0.1) is 0 Å². The summed E-state index contributed by atoms with van der Waals surface area (Å²) in [5, 5.41) is 4.79. The number of hydrogen-bond donors (Lipinski definition) is 1. The van der Waals surface area contributed by atoms with Gasteiger partial charge in [0.2, 0.25) is 0 Å². The first kappa shape index (κ1) is 12.1. The quantitative estimate of drug-likeness (QED) is 0.772. The van der Waals surface area contributed by atoms with Gasteiger partial charge >= 0.3 is 12.1 Å². The van der Waals surface area contributed by atoms with E-state index in [-0.39, 0.29) is 6.01 Å². The SMILES string of the molecule is O=C(Nc1ccc2ccccc2c1)Oc1ncccn1. The van der Waals surface area contributed by atoms with E-state index in [4.69, 9.17) is 4.74 Å². The molecule has 98 valence electrons. The molecule has 20 heavy (non-hydrogen) atoms. The van der Waals surface area contributed by atoms with Crippen LogP contribution in [0.5, 0.6) is 6.01 Å². The van der Waals surface area contributed by atoms with E-state index in [0.29, 0.717) is 5.69 Å². The molecule has 0 saturated heterocycles. The van der Waals surface area contributed by atoms with Crippen molar-refractivity contribution in [1.29, 1.82) is 0 Å². The second-order valence-electron chi connectivity index (χ2n) is 4.11. The Hall–Kier alpha value is -2.95. The highest BCUT2D eigenvalue weighted by Crippen LogP contribution is 2.18. The van der Waals surface area contributed by atoms with Crippen molar-refractivity contribution in [1.82, 2.24) is 9.97 Å². The summed E-state index contributed by atoms with van der Waals surface area (Å²) < 4.78 is 4.96. The lowest BCUT2D eigenvalue weighted by Crippen LogP contribution is -2.17. The van der Waals surface area contributed by atoms with E-state index in [1.807, 2.05) is 42.5 Å². The van der Waals surface area contributed by atoms with Gasteiger partial charge in [0.05, 0.1) is 0 Å². The number of amides is 1. The van der Waals surface area contributed by atoms with Gasteiger partial charge in [-0.15, -0.1) is 0 Å². The Morgan fingerprint density at radius 2 is 1.70 bits per heavy atom. The summed E-state index contributed by atoms with van der Waals surface area (Å²) in [5.74, 6) is 0. The van der Waals surface area contributed by atoms with Crippen LogP contribution in [0.1, 0.15) is 0 Å². The fourth-order valence-electron chi connectivity index (χ4n) is 1.83. The van der Waals surface area contributed by atoms with Gasteiger partial charge in [-0.25, -0.2) is 14.8 Å². The topological polar surface area (TPSA) is 64.1 Å². The number of carbonyl (C=O) groups excluding carboxylic acids is 1. The van der Waals surface area contributed by atoms with Crippen LogP contribution in [-0.2, 0) is 0 Å². The van der Waals surface area contributed by atoms with E-state index in [0.717, 1.165) is 10.8 Å². The third kappa shape index (κ3) is 2.72. The Bertz CT molecular complexity index is 744. The van der Waals surface area contributed by atoms with Crippen LogP contribution < -0.4 is 10.1 Å². The fraction of sp³-hybridized carbons (Fsp3) is 0. The second kappa shape index (κ2) is 5.36. The van der Waals surface area contributed by atoms with Gasteiger partial charge in [-0.05, 0) is 29.0 Å². The minimum Gasteiger partial charge on any atom is -0.374 e. The molecular formula is C15H11N3O2. The van der Waals surface area contributed by atoms with Crippen LogP contribution in [0.3, 0.4) is 0 Å². The minimum absolute atomic E-state index is 0.0192. The normalized spacial score (nSPS) is 10.2. The molecule has 3 aromatic rings. The Morgan fingerprint density at radius 1 is 0.950 bits per heavy atom. The third-order valence-corrected chi connectivity index (χ3v) is 2.72. The highest BCUT2D eigenvalue weighted by molar-refractivity contribution is 5.91. The molecule has 0 atom stereocenters. The average Bonchev–Trinajstić information content (AvgIpc) is 2.48. The van der Waals surface area contributed by atoms with Crippen LogP contribution in [0.25, 0.3) is 10.8 Å². The number of hydrogen-bond acceptors (Lipinski definition) is 4. The van der Waals surface area contributed by atoms with Gasteiger partial charge in [-0.2, -0.15) is 0 Å². The Morgan fingerprint density at radius 3 is 2.50 bits per heavy atom. The number of aromatic nitrogens is 2. The molecule has 5 nitrogen and oxygen atoms in total. The Balaban J connectivity index is 1.74. The van der Waals surface area contributed by atoms with Gasteiger partial charge in [0, 0.05) is 18.1 Å². The number of rotatable bonds is 2. The van der Waals surface area contributed by atoms with Crippen molar-refractivity contribution >= 4 is 22.6 Å². The van der Waals surface area contributed by atoms with Crippen LogP contribution in [0.2, 0.25) is 0 Å². The standard InChI is InChI=1S/C15H11N3O2/c19-15(20-14-16-8-3-9-17-14)18-13-7-6-11-4-1-2-5-12(11)10-13/h1-10H,(H,18,19). The summed E-state index contributed by atoms with van der Waals surface area (Å²) in [6.45, 7) is 0. The molecule has 2 aromatic carbocycles. The van der Waals surface area contributed by atoms with Crippen molar-refractivity contribution in [3.05, 3.63) is 60.9 Å². The molecular weight excluding hydrogens is 254 g/mol. The number of ether oxygens (including phenoxy) is 1. The molecule has 5 heteroatoms. The molecule has 0 spiro atoms. The summed E-state index contributed by atoms with van der Waals surface area (Å²) in [7, 11) is 0. The van der Waals surface area contributed by atoms with Crippen LogP contribution >= 0.6 is 0 Å². The van der Waals surface area contributed by atoms with E-state index in [2.05, 4.69) is 15.3 Å². The zero-order valence-electron chi connectivity index (χ0n) is 10.5. The average molecular weight is 265 g/mol. The van der Waals surface area contributed by atoms with Crippen LogP contribution in [0.4, 0.5) is 10.5 Å². The Kier molecular flexibility index (Phi) is 3.24. The second-order valence-corrected chi connectivity index (χ2v) is 4.11. The first-order valence-electron chi connectivity index (χ1n) is 6.06.